The van der Waals surface area contributed by atoms with E-state index in [1.165, 1.54) is 12.1 Å². The van der Waals surface area contributed by atoms with Gasteiger partial charge in [0.05, 0.1) is 30.9 Å². The first kappa shape index (κ1) is 24.1. The van der Waals surface area contributed by atoms with Gasteiger partial charge in [-0.15, -0.1) is 0 Å². The minimum atomic E-state index is -0.493. The zero-order valence-electron chi connectivity index (χ0n) is 18.0. The van der Waals surface area contributed by atoms with Crippen LogP contribution in [-0.4, -0.2) is 30.8 Å². The lowest BCUT2D eigenvalue weighted by Gasteiger charge is -2.13. The van der Waals surface area contributed by atoms with Crippen molar-refractivity contribution in [3.05, 3.63) is 81.4 Å². The number of nitrogens with zero attached hydrogens (tertiary/aromatic N) is 1. The minimum absolute atomic E-state index is 0.128. The molecule has 0 saturated heterocycles. The third kappa shape index (κ3) is 6.96. The average Bonchev–Trinajstić information content (AvgIpc) is 2.80. The first-order valence-corrected chi connectivity index (χ1v) is 10.6. The van der Waals surface area contributed by atoms with Gasteiger partial charge < -0.3 is 24.8 Å². The molecule has 0 aliphatic heterocycles. The molecule has 0 saturated carbocycles. The number of hydrogen-bond donors (Lipinski definition) is 2. The van der Waals surface area contributed by atoms with Crippen LogP contribution in [0.3, 0.4) is 0 Å². The van der Waals surface area contributed by atoms with Crippen LogP contribution < -0.4 is 24.8 Å². The van der Waals surface area contributed by atoms with Gasteiger partial charge in [0, 0.05) is 23.7 Å². The molecule has 33 heavy (non-hydrogen) atoms. The number of nitro benzene ring substituents is 1. The van der Waals surface area contributed by atoms with E-state index in [9.17, 15) is 10.1 Å². The molecule has 0 fully saturated rings. The van der Waals surface area contributed by atoms with E-state index in [0.717, 1.165) is 5.56 Å². The maximum Gasteiger partial charge on any atom is 0.275 e. The molecule has 172 valence electrons. The number of benzene rings is 3. The van der Waals surface area contributed by atoms with E-state index < -0.39 is 4.92 Å². The summed E-state index contributed by atoms with van der Waals surface area (Å²) in [4.78, 5) is 10.9. The average molecular weight is 488 g/mol. The predicted octanol–water partition coefficient (Wildman–Crippen LogP) is 5.59. The summed E-state index contributed by atoms with van der Waals surface area (Å²) in [6.45, 7) is 0.546. The van der Waals surface area contributed by atoms with Crippen molar-refractivity contribution >= 4 is 40.3 Å². The van der Waals surface area contributed by atoms with Crippen LogP contribution in [0, 0.1) is 10.1 Å². The van der Waals surface area contributed by atoms with Crippen molar-refractivity contribution in [3.63, 3.8) is 0 Å². The summed E-state index contributed by atoms with van der Waals surface area (Å²) >= 11 is 11.2. The third-order valence-electron chi connectivity index (χ3n) is 4.56. The molecule has 3 rings (SSSR count). The van der Waals surface area contributed by atoms with Gasteiger partial charge in [-0.25, -0.2) is 0 Å². The second-order valence-electron chi connectivity index (χ2n) is 6.85. The van der Waals surface area contributed by atoms with Gasteiger partial charge in [0.25, 0.3) is 5.69 Å². The largest absolute Gasteiger partial charge is 0.493 e. The number of rotatable bonds is 9. The number of methoxy groups -OCH3 is 2. The molecule has 0 unspecified atom stereocenters. The first-order valence-electron chi connectivity index (χ1n) is 9.86. The lowest BCUT2D eigenvalue weighted by atomic mass is 10.1. The highest BCUT2D eigenvalue weighted by Crippen LogP contribution is 2.30. The number of non-ortho nitro benzene ring substituents is 1. The molecule has 3 aromatic carbocycles. The molecular formula is C23H22ClN3O5S. The Morgan fingerprint density at radius 1 is 1.00 bits per heavy atom. The van der Waals surface area contributed by atoms with Crippen molar-refractivity contribution in [3.8, 4) is 23.0 Å². The smallest absolute Gasteiger partial charge is 0.275 e. The van der Waals surface area contributed by atoms with E-state index >= 15 is 0 Å². The van der Waals surface area contributed by atoms with Crippen molar-refractivity contribution in [1.29, 1.82) is 0 Å². The standard InChI is InChI=1S/C23H22ClN3O5S/c1-30-21-8-3-15(11-22(21)31-2)9-10-25-23(33)26-17-12-18(27(28)29)14-20(13-17)32-19-6-4-16(24)5-7-19/h3-8,11-14H,9-10H2,1-2H3,(H2,25,26,33). The highest BCUT2D eigenvalue weighted by molar-refractivity contribution is 7.80. The molecular weight excluding hydrogens is 466 g/mol. The maximum absolute atomic E-state index is 11.4. The maximum atomic E-state index is 11.4. The summed E-state index contributed by atoms with van der Waals surface area (Å²) in [7, 11) is 3.17. The van der Waals surface area contributed by atoms with E-state index in [4.69, 9.17) is 38.0 Å². The number of halogens is 1. The van der Waals surface area contributed by atoms with Gasteiger partial charge in [0.15, 0.2) is 16.6 Å². The number of anilines is 1. The summed E-state index contributed by atoms with van der Waals surface area (Å²) < 4.78 is 16.3. The van der Waals surface area contributed by atoms with Crippen LogP contribution in [0.2, 0.25) is 5.02 Å². The fourth-order valence-electron chi connectivity index (χ4n) is 2.99. The molecule has 10 heteroatoms. The molecule has 0 radical (unpaired) electrons. The molecule has 8 nitrogen and oxygen atoms in total. The summed E-state index contributed by atoms with van der Waals surface area (Å²) in [5, 5.41) is 18.3. The molecule has 0 spiro atoms. The normalized spacial score (nSPS) is 10.3. The van der Waals surface area contributed by atoms with Gasteiger partial charge in [-0.1, -0.05) is 17.7 Å². The Balaban J connectivity index is 1.63. The molecule has 2 N–H and O–H groups in total. The van der Waals surface area contributed by atoms with Crippen molar-refractivity contribution in [2.24, 2.45) is 0 Å². The molecule has 0 aliphatic rings. The lowest BCUT2D eigenvalue weighted by molar-refractivity contribution is -0.384. The fraction of sp³-hybridized carbons (Fsp3) is 0.174. The van der Waals surface area contributed by atoms with Gasteiger partial charge in [-0.3, -0.25) is 10.1 Å². The molecule has 0 aromatic heterocycles. The number of ether oxygens (including phenoxy) is 3. The van der Waals surface area contributed by atoms with Crippen molar-refractivity contribution in [2.45, 2.75) is 6.42 Å². The fourth-order valence-corrected chi connectivity index (χ4v) is 3.34. The van der Waals surface area contributed by atoms with Crippen LogP contribution in [0.5, 0.6) is 23.0 Å². The molecule has 0 amide bonds. The molecule has 3 aromatic rings. The molecule has 0 aliphatic carbocycles. The Morgan fingerprint density at radius 2 is 1.73 bits per heavy atom. The topological polar surface area (TPSA) is 94.9 Å². The summed E-state index contributed by atoms with van der Waals surface area (Å²) in [5.74, 6) is 2.11. The Morgan fingerprint density at radius 3 is 2.39 bits per heavy atom. The number of thiocarbonyl (C=S) groups is 1. The predicted molar refractivity (Wildman–Crippen MR) is 132 cm³/mol. The van der Waals surface area contributed by atoms with E-state index in [2.05, 4.69) is 10.6 Å². The van der Waals surface area contributed by atoms with Gasteiger partial charge in [-0.05, 0) is 60.6 Å². The SMILES string of the molecule is COc1ccc(CCNC(=S)Nc2cc(Oc3ccc(Cl)cc3)cc([N+](=O)[O-])c2)cc1OC. The first-order chi connectivity index (χ1) is 15.9. The van der Waals surface area contributed by atoms with Gasteiger partial charge in [0.2, 0.25) is 0 Å². The van der Waals surface area contributed by atoms with Crippen LogP contribution in [0.25, 0.3) is 0 Å². The van der Waals surface area contributed by atoms with E-state index in [0.29, 0.717) is 51.8 Å². The van der Waals surface area contributed by atoms with E-state index in [1.807, 2.05) is 18.2 Å². The molecule has 0 heterocycles. The van der Waals surface area contributed by atoms with Crippen LogP contribution >= 0.6 is 23.8 Å². The second kappa shape index (κ2) is 11.3. The number of hydrogen-bond acceptors (Lipinski definition) is 6. The zero-order chi connectivity index (χ0) is 23.8. The van der Waals surface area contributed by atoms with Gasteiger partial charge >= 0.3 is 0 Å². The van der Waals surface area contributed by atoms with Crippen molar-refractivity contribution < 1.29 is 19.1 Å². The van der Waals surface area contributed by atoms with Crippen LogP contribution in [0.4, 0.5) is 11.4 Å². The second-order valence-corrected chi connectivity index (χ2v) is 7.69. The summed E-state index contributed by atoms with van der Waals surface area (Å²) in [5.41, 5.74) is 1.34. The van der Waals surface area contributed by atoms with Gasteiger partial charge in [-0.2, -0.15) is 0 Å². The molecule has 0 bridgehead atoms. The Labute approximate surface area is 201 Å². The van der Waals surface area contributed by atoms with E-state index in [1.54, 1.807) is 44.6 Å². The minimum Gasteiger partial charge on any atom is -0.493 e. The van der Waals surface area contributed by atoms with Crippen molar-refractivity contribution in [1.82, 2.24) is 5.32 Å². The van der Waals surface area contributed by atoms with Crippen molar-refractivity contribution in [2.75, 3.05) is 26.1 Å². The Bertz CT molecular complexity index is 1140. The van der Waals surface area contributed by atoms with Crippen LogP contribution in [0.15, 0.2) is 60.7 Å². The quantitative estimate of drug-likeness (QED) is 0.229. The summed E-state index contributed by atoms with van der Waals surface area (Å²) in [6, 6.07) is 16.7. The highest BCUT2D eigenvalue weighted by atomic mass is 35.5. The van der Waals surface area contributed by atoms with Crippen LogP contribution in [-0.2, 0) is 6.42 Å². The zero-order valence-corrected chi connectivity index (χ0v) is 19.5. The van der Waals surface area contributed by atoms with Crippen LogP contribution in [0.1, 0.15) is 5.56 Å². The van der Waals surface area contributed by atoms with Gasteiger partial charge in [0.1, 0.15) is 11.5 Å². The summed E-state index contributed by atoms with van der Waals surface area (Å²) in [6.07, 6.45) is 0.683. The molecule has 0 atom stereocenters. The highest BCUT2D eigenvalue weighted by Gasteiger charge is 2.12. The third-order valence-corrected chi connectivity index (χ3v) is 5.05. The van der Waals surface area contributed by atoms with E-state index in [-0.39, 0.29) is 5.69 Å². The number of nitrogens with one attached hydrogen (secondary N) is 2. The lowest BCUT2D eigenvalue weighted by Crippen LogP contribution is -2.30. The Kier molecular flexibility index (Phi) is 8.28. The number of nitro groups is 1. The Hall–Kier alpha value is -3.56. The monoisotopic (exact) mass is 487 g/mol.